The Balaban J connectivity index is 1.38. The first-order chi connectivity index (χ1) is 17.4. The highest BCUT2D eigenvalue weighted by Gasteiger charge is 2.74. The summed E-state index contributed by atoms with van der Waals surface area (Å²) in [6.45, 7) is 3.60. The predicted octanol–water partition coefficient (Wildman–Crippen LogP) is 3.35. The van der Waals surface area contributed by atoms with Gasteiger partial charge in [-0.2, -0.15) is 0 Å². The van der Waals surface area contributed by atoms with Crippen molar-refractivity contribution < 1.29 is 43.6 Å². The molecule has 0 radical (unpaired) electrons. The van der Waals surface area contributed by atoms with Gasteiger partial charge in [0, 0.05) is 24.7 Å². The molecule has 1 spiro atoms. The Hall–Kier alpha value is -2.26. The minimum atomic E-state index is -2.15. The standard InChI is InChI=1S/C28H35FO8/c1-25-13-20(32)28(29)16(15(25)7-8-17(25)22(35)18(30)12-21(33)34)6-5-14-11-19(31)23-24(26(14,28)2)37-27(36-23)9-3-4-10-27/h11,15-18,20,30,32H,3-10,12-13H2,1-2H3,(H,33,34)/t15-,16-,17+,18?,20-,25-,26+,28-/m0/s1. The van der Waals surface area contributed by atoms with Crippen molar-refractivity contribution in [3.8, 4) is 0 Å². The van der Waals surface area contributed by atoms with E-state index < -0.39 is 64.5 Å². The molecule has 4 saturated carbocycles. The smallest absolute Gasteiger partial charge is 0.306 e. The number of rotatable bonds is 4. The van der Waals surface area contributed by atoms with Crippen LogP contribution in [0.3, 0.4) is 0 Å². The van der Waals surface area contributed by atoms with E-state index in [0.29, 0.717) is 44.1 Å². The Kier molecular flexibility index (Phi) is 5.33. The van der Waals surface area contributed by atoms with E-state index in [2.05, 4.69) is 0 Å². The predicted molar refractivity (Wildman–Crippen MR) is 126 cm³/mol. The number of carboxylic acids is 1. The molecule has 0 aromatic heterocycles. The number of allylic oxidation sites excluding steroid dienone is 2. The first kappa shape index (κ1) is 25.0. The summed E-state index contributed by atoms with van der Waals surface area (Å²) in [5.74, 6) is -4.34. The van der Waals surface area contributed by atoms with Gasteiger partial charge in [0.05, 0.1) is 17.9 Å². The monoisotopic (exact) mass is 518 g/mol. The normalized spacial score (nSPS) is 44.2. The zero-order valence-electron chi connectivity index (χ0n) is 21.3. The molecule has 1 aliphatic heterocycles. The van der Waals surface area contributed by atoms with Crippen LogP contribution in [0, 0.1) is 28.6 Å². The molecule has 0 bridgehead atoms. The molecule has 4 fully saturated rings. The van der Waals surface area contributed by atoms with Crippen LogP contribution in [-0.4, -0.2) is 56.5 Å². The Bertz CT molecular complexity index is 1140. The number of halogens is 1. The number of alkyl halides is 1. The van der Waals surface area contributed by atoms with E-state index in [1.165, 1.54) is 6.08 Å². The maximum absolute atomic E-state index is 17.9. The van der Waals surface area contributed by atoms with Gasteiger partial charge in [0.1, 0.15) is 6.10 Å². The summed E-state index contributed by atoms with van der Waals surface area (Å²) in [6, 6.07) is 0. The van der Waals surface area contributed by atoms with E-state index in [1.54, 1.807) is 6.92 Å². The second-order valence-corrected chi connectivity index (χ2v) is 12.5. The summed E-state index contributed by atoms with van der Waals surface area (Å²) in [4.78, 5) is 37.2. The number of hydrogen-bond acceptors (Lipinski definition) is 7. The van der Waals surface area contributed by atoms with Crippen LogP contribution in [0.15, 0.2) is 23.2 Å². The molecule has 6 aliphatic rings. The molecule has 6 rings (SSSR count). The summed E-state index contributed by atoms with van der Waals surface area (Å²) in [6.07, 6.45) is 2.54. The lowest BCUT2D eigenvalue weighted by Crippen LogP contribution is -2.68. The van der Waals surface area contributed by atoms with Gasteiger partial charge in [0.15, 0.2) is 17.2 Å². The van der Waals surface area contributed by atoms with E-state index in [4.69, 9.17) is 14.6 Å². The van der Waals surface area contributed by atoms with Crippen molar-refractivity contribution in [2.24, 2.45) is 28.6 Å². The van der Waals surface area contributed by atoms with Gasteiger partial charge in [-0.05, 0) is 74.9 Å². The van der Waals surface area contributed by atoms with Gasteiger partial charge in [-0.25, -0.2) is 4.39 Å². The SMILES string of the molecule is C[C@]12C[C@H](O)[C@@]3(F)[C@@H](CCC4=CC(=O)C5=C(OC6(CCCC6)O5)[C@@]43C)[C@@H]1CC[C@@H]2C(=O)C(O)CC(=O)O. The molecule has 8 nitrogen and oxygen atoms in total. The lowest BCUT2D eigenvalue weighted by molar-refractivity contribution is -0.215. The molecule has 1 heterocycles. The van der Waals surface area contributed by atoms with Crippen molar-refractivity contribution in [3.63, 3.8) is 0 Å². The molecule has 0 saturated heterocycles. The van der Waals surface area contributed by atoms with Gasteiger partial charge in [-0.15, -0.1) is 0 Å². The van der Waals surface area contributed by atoms with Gasteiger partial charge in [-0.3, -0.25) is 14.4 Å². The highest BCUT2D eigenvalue weighted by atomic mass is 19.1. The van der Waals surface area contributed by atoms with Crippen molar-refractivity contribution in [3.05, 3.63) is 23.2 Å². The number of aliphatic carboxylic acids is 1. The van der Waals surface area contributed by atoms with Crippen molar-refractivity contribution in [1.29, 1.82) is 0 Å². The number of hydrogen-bond donors (Lipinski definition) is 3. The topological polar surface area (TPSA) is 130 Å². The fraction of sp³-hybridized carbons (Fsp3) is 0.750. The average Bonchev–Trinajstić information content (AvgIpc) is 3.53. The maximum atomic E-state index is 17.9. The molecule has 9 heteroatoms. The van der Waals surface area contributed by atoms with Crippen molar-refractivity contribution >= 4 is 17.5 Å². The number of carbonyl (C=O) groups excluding carboxylic acids is 2. The van der Waals surface area contributed by atoms with Crippen LogP contribution >= 0.6 is 0 Å². The van der Waals surface area contributed by atoms with Gasteiger partial charge >= 0.3 is 5.97 Å². The molecule has 202 valence electrons. The largest absolute Gasteiger partial charge is 0.481 e. The van der Waals surface area contributed by atoms with Crippen LogP contribution in [0.5, 0.6) is 0 Å². The van der Waals surface area contributed by atoms with Crippen molar-refractivity contribution in [1.82, 2.24) is 0 Å². The number of ether oxygens (including phenoxy) is 2. The molecule has 0 aromatic rings. The second-order valence-electron chi connectivity index (χ2n) is 12.5. The third-order valence-electron chi connectivity index (χ3n) is 10.9. The zero-order chi connectivity index (χ0) is 26.5. The summed E-state index contributed by atoms with van der Waals surface area (Å²) in [5.41, 5.74) is -3.70. The molecule has 1 unspecified atom stereocenters. The zero-order valence-corrected chi connectivity index (χ0v) is 21.3. The van der Waals surface area contributed by atoms with Crippen molar-refractivity contribution in [2.75, 3.05) is 0 Å². The molecule has 5 aliphatic carbocycles. The summed E-state index contributed by atoms with van der Waals surface area (Å²) >= 11 is 0. The van der Waals surface area contributed by atoms with Crippen LogP contribution in [0.25, 0.3) is 0 Å². The van der Waals surface area contributed by atoms with E-state index >= 15 is 4.39 Å². The Labute approximate surface area is 214 Å². The van der Waals surface area contributed by atoms with Crippen LogP contribution in [0.2, 0.25) is 0 Å². The number of fused-ring (bicyclic) bond motifs is 6. The van der Waals surface area contributed by atoms with E-state index in [0.717, 1.165) is 12.8 Å². The van der Waals surface area contributed by atoms with E-state index in [1.807, 2.05) is 6.92 Å². The molecule has 37 heavy (non-hydrogen) atoms. The lowest BCUT2D eigenvalue weighted by Gasteiger charge is -2.62. The van der Waals surface area contributed by atoms with Crippen LogP contribution in [0.4, 0.5) is 4.39 Å². The molecular weight excluding hydrogens is 483 g/mol. The molecule has 0 amide bonds. The van der Waals surface area contributed by atoms with Crippen molar-refractivity contribution in [2.45, 2.75) is 102 Å². The van der Waals surface area contributed by atoms with Gasteiger partial charge in [-0.1, -0.05) is 6.92 Å². The van der Waals surface area contributed by atoms with Gasteiger partial charge in [0.2, 0.25) is 11.5 Å². The average molecular weight is 519 g/mol. The van der Waals surface area contributed by atoms with E-state index in [9.17, 15) is 24.6 Å². The Morgan fingerprint density at radius 3 is 2.51 bits per heavy atom. The number of carboxylic acid groups (broad SMARTS) is 1. The first-order valence-electron chi connectivity index (χ1n) is 13.6. The maximum Gasteiger partial charge on any atom is 0.306 e. The van der Waals surface area contributed by atoms with E-state index in [-0.39, 0.29) is 29.6 Å². The third-order valence-corrected chi connectivity index (χ3v) is 10.9. The van der Waals surface area contributed by atoms with Crippen LogP contribution in [0.1, 0.15) is 78.1 Å². The van der Waals surface area contributed by atoms with Crippen LogP contribution in [-0.2, 0) is 23.9 Å². The lowest BCUT2D eigenvalue weighted by atomic mass is 9.44. The first-order valence-corrected chi connectivity index (χ1v) is 13.6. The van der Waals surface area contributed by atoms with Gasteiger partial charge in [0.25, 0.3) is 5.79 Å². The summed E-state index contributed by atoms with van der Waals surface area (Å²) < 4.78 is 30.3. The summed E-state index contributed by atoms with van der Waals surface area (Å²) in [7, 11) is 0. The second kappa shape index (κ2) is 7.88. The highest BCUT2D eigenvalue weighted by molar-refractivity contribution is 6.05. The number of ketones is 2. The third kappa shape index (κ3) is 3.10. The van der Waals surface area contributed by atoms with Gasteiger partial charge < -0.3 is 24.8 Å². The fourth-order valence-corrected chi connectivity index (χ4v) is 9.07. The Morgan fingerprint density at radius 1 is 1.14 bits per heavy atom. The molecule has 3 N–H and O–H groups in total. The summed E-state index contributed by atoms with van der Waals surface area (Å²) in [5, 5.41) is 31.0. The Morgan fingerprint density at radius 2 is 1.84 bits per heavy atom. The number of carbonyl (C=O) groups is 3. The highest BCUT2D eigenvalue weighted by Crippen LogP contribution is 2.71. The number of aliphatic hydroxyl groups is 2. The fourth-order valence-electron chi connectivity index (χ4n) is 9.07. The molecular formula is C28H35FO8. The minimum absolute atomic E-state index is 0.00764. The quantitative estimate of drug-likeness (QED) is 0.517. The minimum Gasteiger partial charge on any atom is -0.481 e. The van der Waals surface area contributed by atoms with Crippen LogP contribution < -0.4 is 0 Å². The number of Topliss-reactive ketones (excluding diaryl/α,β-unsaturated/α-hetero) is 1. The molecule has 0 aromatic carbocycles. The number of aliphatic hydroxyl groups excluding tert-OH is 2. The molecule has 8 atom stereocenters.